The monoisotopic (exact) mass is 356 g/mol. The summed E-state index contributed by atoms with van der Waals surface area (Å²) in [6.45, 7) is 9.29. The van der Waals surface area contributed by atoms with Gasteiger partial charge < -0.3 is 15.5 Å². The number of nitrogens with one attached hydrogen (secondary N) is 2. The predicted octanol–water partition coefficient (Wildman–Crippen LogP) is 2.84. The van der Waals surface area contributed by atoms with Crippen molar-refractivity contribution in [3.05, 3.63) is 35.4 Å². The van der Waals surface area contributed by atoms with Crippen molar-refractivity contribution in [1.82, 2.24) is 15.5 Å². The first-order valence-electron chi connectivity index (χ1n) is 10.0. The number of benzene rings is 1. The summed E-state index contributed by atoms with van der Waals surface area (Å²) in [5, 5.41) is 6.76. The van der Waals surface area contributed by atoms with Crippen molar-refractivity contribution in [3.8, 4) is 0 Å². The molecule has 1 heterocycles. The van der Waals surface area contributed by atoms with Gasteiger partial charge in [-0.2, -0.15) is 0 Å². The molecule has 2 fully saturated rings. The smallest absolute Gasteiger partial charge is 0.244 e. The van der Waals surface area contributed by atoms with E-state index in [0.29, 0.717) is 17.9 Å². The van der Waals surface area contributed by atoms with Crippen molar-refractivity contribution < 1.29 is 4.79 Å². The topological polar surface area (TPSA) is 56.7 Å². The Labute approximate surface area is 157 Å². The van der Waals surface area contributed by atoms with E-state index in [-0.39, 0.29) is 12.5 Å². The molecule has 2 aliphatic rings. The molecule has 1 saturated carbocycles. The lowest BCUT2D eigenvalue weighted by molar-refractivity contribution is -0.128. The summed E-state index contributed by atoms with van der Waals surface area (Å²) in [7, 11) is 0. The molecule has 142 valence electrons. The minimum absolute atomic E-state index is 0.135. The van der Waals surface area contributed by atoms with Crippen LogP contribution >= 0.6 is 0 Å². The molecule has 5 heteroatoms. The van der Waals surface area contributed by atoms with Crippen LogP contribution < -0.4 is 10.6 Å². The zero-order chi connectivity index (χ0) is 18.5. The Kier molecular flexibility index (Phi) is 6.17. The second-order valence-corrected chi connectivity index (χ2v) is 7.70. The van der Waals surface area contributed by atoms with E-state index in [1.54, 1.807) is 0 Å². The average molecular weight is 357 g/mol. The maximum atomic E-state index is 12.2. The molecule has 26 heavy (non-hydrogen) atoms. The minimum atomic E-state index is 0.135. The number of aliphatic imine (C=N–C) groups is 1. The van der Waals surface area contributed by atoms with Crippen molar-refractivity contribution >= 4 is 11.9 Å². The van der Waals surface area contributed by atoms with E-state index < -0.39 is 0 Å². The van der Waals surface area contributed by atoms with Gasteiger partial charge in [-0.05, 0) is 43.2 Å². The maximum absolute atomic E-state index is 12.2. The van der Waals surface area contributed by atoms with Gasteiger partial charge in [0, 0.05) is 31.6 Å². The van der Waals surface area contributed by atoms with Gasteiger partial charge in [0.15, 0.2) is 5.96 Å². The van der Waals surface area contributed by atoms with Gasteiger partial charge in [0.05, 0.1) is 0 Å². The highest BCUT2D eigenvalue weighted by molar-refractivity contribution is 5.85. The largest absolute Gasteiger partial charge is 0.357 e. The van der Waals surface area contributed by atoms with E-state index in [9.17, 15) is 4.79 Å². The van der Waals surface area contributed by atoms with Crippen molar-refractivity contribution in [2.75, 3.05) is 26.2 Å². The van der Waals surface area contributed by atoms with Gasteiger partial charge in [-0.1, -0.05) is 38.1 Å². The summed E-state index contributed by atoms with van der Waals surface area (Å²) in [5.74, 6) is 2.00. The van der Waals surface area contributed by atoms with Crippen LogP contribution in [0.1, 0.15) is 63.0 Å². The van der Waals surface area contributed by atoms with Crippen molar-refractivity contribution in [2.45, 2.75) is 57.9 Å². The first kappa shape index (κ1) is 18.7. The van der Waals surface area contributed by atoms with E-state index in [1.165, 1.54) is 11.1 Å². The van der Waals surface area contributed by atoms with Crippen LogP contribution in [-0.2, 0) is 4.79 Å². The van der Waals surface area contributed by atoms with Crippen LogP contribution in [0.3, 0.4) is 0 Å². The minimum Gasteiger partial charge on any atom is -0.357 e. The second kappa shape index (κ2) is 8.56. The van der Waals surface area contributed by atoms with Crippen molar-refractivity contribution in [2.24, 2.45) is 4.99 Å². The molecule has 2 atom stereocenters. The molecular formula is C21H32N4O. The Hall–Kier alpha value is -2.04. The van der Waals surface area contributed by atoms with Crippen LogP contribution in [0.2, 0.25) is 0 Å². The van der Waals surface area contributed by atoms with Gasteiger partial charge in [0.1, 0.15) is 6.54 Å². The third-order valence-electron chi connectivity index (χ3n) is 5.32. The number of hydrogen-bond donors (Lipinski definition) is 2. The summed E-state index contributed by atoms with van der Waals surface area (Å²) in [6, 6.07) is 9.39. The molecule has 2 N–H and O–H groups in total. The predicted molar refractivity (Wildman–Crippen MR) is 107 cm³/mol. The van der Waals surface area contributed by atoms with E-state index in [4.69, 9.17) is 0 Å². The molecule has 2 unspecified atom stereocenters. The Bertz CT molecular complexity index is 632. The van der Waals surface area contributed by atoms with Gasteiger partial charge in [0.2, 0.25) is 5.91 Å². The number of carbonyl (C=O) groups is 1. The lowest BCUT2D eigenvalue weighted by Gasteiger charge is -2.15. The van der Waals surface area contributed by atoms with E-state index in [0.717, 1.165) is 44.9 Å². The quantitative estimate of drug-likeness (QED) is 0.609. The first-order chi connectivity index (χ1) is 12.6. The molecule has 0 bridgehead atoms. The van der Waals surface area contributed by atoms with Crippen molar-refractivity contribution in [3.63, 3.8) is 0 Å². The van der Waals surface area contributed by atoms with Gasteiger partial charge in [-0.15, -0.1) is 0 Å². The summed E-state index contributed by atoms with van der Waals surface area (Å²) in [6.07, 6.45) is 3.35. The second-order valence-electron chi connectivity index (χ2n) is 7.70. The van der Waals surface area contributed by atoms with Gasteiger partial charge >= 0.3 is 0 Å². The Morgan fingerprint density at radius 2 is 1.92 bits per heavy atom. The molecule has 1 amide bonds. The van der Waals surface area contributed by atoms with Crippen molar-refractivity contribution in [1.29, 1.82) is 0 Å². The average Bonchev–Trinajstić information content (AvgIpc) is 3.17. The Morgan fingerprint density at radius 3 is 2.54 bits per heavy atom. The molecule has 1 aliphatic carbocycles. The van der Waals surface area contributed by atoms with Crippen LogP contribution in [0.5, 0.6) is 0 Å². The molecule has 1 aromatic rings. The highest BCUT2D eigenvalue weighted by Crippen LogP contribution is 2.41. The van der Waals surface area contributed by atoms with E-state index in [1.807, 2.05) is 4.90 Å². The summed E-state index contributed by atoms with van der Waals surface area (Å²) < 4.78 is 0. The van der Waals surface area contributed by atoms with E-state index >= 15 is 0 Å². The Morgan fingerprint density at radius 1 is 1.23 bits per heavy atom. The number of carbonyl (C=O) groups excluding carboxylic acids is 1. The van der Waals surface area contributed by atoms with Crippen LogP contribution in [0.15, 0.2) is 29.3 Å². The lowest BCUT2D eigenvalue weighted by atomic mass is 10.0. The van der Waals surface area contributed by atoms with Crippen LogP contribution in [0.4, 0.5) is 0 Å². The number of likely N-dealkylation sites (tertiary alicyclic amines) is 1. The molecule has 0 radical (unpaired) electrons. The van der Waals surface area contributed by atoms with E-state index in [2.05, 4.69) is 60.7 Å². The maximum Gasteiger partial charge on any atom is 0.244 e. The molecule has 1 aliphatic heterocycles. The number of guanidine groups is 1. The normalized spacial score (nSPS) is 22.6. The SMILES string of the molecule is CCNC(=NCC(=O)N1CCCC1)NC1CC1c1ccc(C(C)C)cc1. The molecule has 1 aromatic carbocycles. The Balaban J connectivity index is 1.53. The molecule has 5 nitrogen and oxygen atoms in total. The fourth-order valence-electron chi connectivity index (χ4n) is 3.56. The first-order valence-corrected chi connectivity index (χ1v) is 10.0. The van der Waals surface area contributed by atoms with Crippen LogP contribution in [0.25, 0.3) is 0 Å². The van der Waals surface area contributed by atoms with Gasteiger partial charge in [-0.25, -0.2) is 4.99 Å². The van der Waals surface area contributed by atoms with Crippen LogP contribution in [0, 0.1) is 0 Å². The molecule has 0 aromatic heterocycles. The third-order valence-corrected chi connectivity index (χ3v) is 5.32. The number of rotatable bonds is 6. The summed E-state index contributed by atoms with van der Waals surface area (Å²) in [5.41, 5.74) is 2.77. The fraction of sp³-hybridized carbons (Fsp3) is 0.619. The number of hydrogen-bond acceptors (Lipinski definition) is 2. The lowest BCUT2D eigenvalue weighted by Crippen LogP contribution is -2.40. The molecule has 0 spiro atoms. The fourth-order valence-corrected chi connectivity index (χ4v) is 3.56. The number of nitrogens with zero attached hydrogens (tertiary/aromatic N) is 2. The zero-order valence-corrected chi connectivity index (χ0v) is 16.3. The summed E-state index contributed by atoms with van der Waals surface area (Å²) in [4.78, 5) is 18.6. The zero-order valence-electron chi connectivity index (χ0n) is 16.3. The molecule has 1 saturated heterocycles. The summed E-state index contributed by atoms with van der Waals surface area (Å²) >= 11 is 0. The standard InChI is InChI=1S/C21H32N4O/c1-4-22-21(23-14-20(26)25-11-5-6-12-25)24-19-13-18(19)17-9-7-16(8-10-17)15(2)3/h7-10,15,18-19H,4-6,11-14H2,1-3H3,(H2,22,23,24). The molecular weight excluding hydrogens is 324 g/mol. The number of amides is 1. The van der Waals surface area contributed by atoms with Crippen LogP contribution in [-0.4, -0.2) is 49.0 Å². The highest BCUT2D eigenvalue weighted by atomic mass is 16.2. The molecule has 3 rings (SSSR count). The van der Waals surface area contributed by atoms with Gasteiger partial charge in [-0.3, -0.25) is 4.79 Å². The third kappa shape index (κ3) is 4.77. The highest BCUT2D eigenvalue weighted by Gasteiger charge is 2.39. The van der Waals surface area contributed by atoms with Gasteiger partial charge in [0.25, 0.3) is 0 Å².